The van der Waals surface area contributed by atoms with Gasteiger partial charge in [-0.25, -0.2) is 0 Å². The van der Waals surface area contributed by atoms with E-state index in [2.05, 4.69) is 20.8 Å². The summed E-state index contributed by atoms with van der Waals surface area (Å²) in [5.74, 6) is 0.926. The summed E-state index contributed by atoms with van der Waals surface area (Å²) in [4.78, 5) is 31.5. The number of furan rings is 1. The van der Waals surface area contributed by atoms with Gasteiger partial charge in [-0.2, -0.15) is 0 Å². The normalized spacial score (nSPS) is 21.3. The van der Waals surface area contributed by atoms with Crippen molar-refractivity contribution in [1.29, 1.82) is 0 Å². The molecule has 6 nitrogen and oxygen atoms in total. The van der Waals surface area contributed by atoms with Crippen LogP contribution in [0.5, 0.6) is 0 Å². The molecule has 27 heavy (non-hydrogen) atoms. The largest absolute Gasteiger partial charge is 0.453 e. The summed E-state index contributed by atoms with van der Waals surface area (Å²) < 4.78 is 6.31. The van der Waals surface area contributed by atoms with Gasteiger partial charge in [0.2, 0.25) is 11.8 Å². The molecule has 0 saturated carbocycles. The number of benzene rings is 1. The second kappa shape index (κ2) is 7.86. The molecule has 7 heteroatoms. The summed E-state index contributed by atoms with van der Waals surface area (Å²) in [5.41, 5.74) is 1.04. The molecule has 2 saturated heterocycles. The van der Waals surface area contributed by atoms with Crippen LogP contribution in [0.1, 0.15) is 17.7 Å². The average Bonchev–Trinajstić information content (AvgIpc) is 2.94. The minimum absolute atomic E-state index is 0.0333. The van der Waals surface area contributed by atoms with Gasteiger partial charge in [-0.3, -0.25) is 14.5 Å². The summed E-state index contributed by atoms with van der Waals surface area (Å²) in [7, 11) is 0. The van der Waals surface area contributed by atoms with Crippen molar-refractivity contribution in [3.8, 4) is 0 Å². The molecule has 1 aromatic heterocycles. The maximum Gasteiger partial charge on any atom is 0.247 e. The zero-order chi connectivity index (χ0) is 18.8. The zero-order valence-electron chi connectivity index (χ0n) is 15.0. The lowest BCUT2D eigenvalue weighted by atomic mass is 10.1. The fourth-order valence-corrected chi connectivity index (χ4v) is 4.19. The molecule has 2 aromatic rings. The van der Waals surface area contributed by atoms with Crippen LogP contribution in [0.25, 0.3) is 0 Å². The molecule has 0 bridgehead atoms. The summed E-state index contributed by atoms with van der Waals surface area (Å²) in [6.45, 7) is 3.28. The highest BCUT2D eigenvalue weighted by molar-refractivity contribution is 9.10. The molecule has 4 rings (SSSR count). The second-order valence-electron chi connectivity index (χ2n) is 7.08. The molecule has 0 spiro atoms. The van der Waals surface area contributed by atoms with Crippen LogP contribution in [0.3, 0.4) is 0 Å². The van der Waals surface area contributed by atoms with E-state index < -0.39 is 6.04 Å². The first-order valence-corrected chi connectivity index (χ1v) is 9.98. The van der Waals surface area contributed by atoms with E-state index in [1.165, 1.54) is 0 Å². The molecule has 0 N–H and O–H groups in total. The fourth-order valence-electron chi connectivity index (χ4n) is 3.85. The van der Waals surface area contributed by atoms with Crippen molar-refractivity contribution in [3.05, 3.63) is 58.5 Å². The van der Waals surface area contributed by atoms with Crippen LogP contribution in [0, 0.1) is 0 Å². The Balaban J connectivity index is 1.49. The number of fused-ring (bicyclic) bond motifs is 1. The van der Waals surface area contributed by atoms with E-state index in [9.17, 15) is 9.59 Å². The van der Waals surface area contributed by atoms with E-state index in [4.69, 9.17) is 4.42 Å². The van der Waals surface area contributed by atoms with E-state index in [0.717, 1.165) is 24.3 Å². The van der Waals surface area contributed by atoms with E-state index in [0.29, 0.717) is 30.8 Å². The van der Waals surface area contributed by atoms with E-state index >= 15 is 0 Å². The summed E-state index contributed by atoms with van der Waals surface area (Å²) in [6, 6.07) is 13.2. The average molecular weight is 432 g/mol. The maximum absolute atomic E-state index is 13.1. The molecule has 1 aromatic carbocycles. The highest BCUT2D eigenvalue weighted by Crippen LogP contribution is 2.22. The third kappa shape index (κ3) is 4.09. The lowest BCUT2D eigenvalue weighted by molar-refractivity contribution is -0.156. The minimum atomic E-state index is -0.420. The molecule has 142 valence electrons. The Morgan fingerprint density at radius 1 is 1.04 bits per heavy atom. The molecule has 0 aliphatic carbocycles. The van der Waals surface area contributed by atoms with Crippen LogP contribution in [0.4, 0.5) is 0 Å². The van der Waals surface area contributed by atoms with Crippen molar-refractivity contribution in [1.82, 2.24) is 14.7 Å². The van der Waals surface area contributed by atoms with Gasteiger partial charge in [-0.05, 0) is 40.0 Å². The van der Waals surface area contributed by atoms with Gasteiger partial charge < -0.3 is 14.2 Å². The summed E-state index contributed by atoms with van der Waals surface area (Å²) >= 11 is 3.33. The second-order valence-corrected chi connectivity index (χ2v) is 7.86. The third-order valence-corrected chi connectivity index (χ3v) is 5.57. The van der Waals surface area contributed by atoms with Gasteiger partial charge in [-0.1, -0.05) is 30.3 Å². The highest BCUT2D eigenvalue weighted by Gasteiger charge is 2.41. The van der Waals surface area contributed by atoms with Crippen molar-refractivity contribution in [3.63, 3.8) is 0 Å². The molecular formula is C20H22BrN3O3. The van der Waals surface area contributed by atoms with Gasteiger partial charge in [-0.15, -0.1) is 0 Å². The highest BCUT2D eigenvalue weighted by atomic mass is 79.9. The van der Waals surface area contributed by atoms with Crippen LogP contribution in [0.15, 0.2) is 51.6 Å². The maximum atomic E-state index is 13.1. The van der Waals surface area contributed by atoms with Crippen molar-refractivity contribution in [2.24, 2.45) is 0 Å². The zero-order valence-corrected chi connectivity index (χ0v) is 16.6. The third-order valence-electron chi connectivity index (χ3n) is 5.15. The Bertz CT molecular complexity index is 823. The molecule has 2 aliphatic heterocycles. The molecule has 1 unspecified atom stereocenters. The molecule has 2 amide bonds. The molecule has 2 aliphatic rings. The lowest BCUT2D eigenvalue weighted by Crippen LogP contribution is -2.61. The number of halogens is 1. The van der Waals surface area contributed by atoms with Gasteiger partial charge in [0, 0.05) is 26.2 Å². The quantitative estimate of drug-likeness (QED) is 0.745. The molecule has 3 heterocycles. The van der Waals surface area contributed by atoms with Crippen molar-refractivity contribution in [2.75, 3.05) is 26.2 Å². The van der Waals surface area contributed by atoms with Crippen molar-refractivity contribution in [2.45, 2.75) is 25.6 Å². The number of amides is 2. The number of rotatable bonds is 4. The number of piperazine rings is 1. The Hall–Kier alpha value is -2.12. The van der Waals surface area contributed by atoms with E-state index in [-0.39, 0.29) is 18.4 Å². The predicted octanol–water partition coefficient (Wildman–Crippen LogP) is 2.49. The molecule has 1 atom stereocenters. The van der Waals surface area contributed by atoms with Crippen LogP contribution < -0.4 is 0 Å². The topological polar surface area (TPSA) is 57.0 Å². The first kappa shape index (κ1) is 18.3. The van der Waals surface area contributed by atoms with Gasteiger partial charge >= 0.3 is 0 Å². The lowest BCUT2D eigenvalue weighted by Gasteiger charge is -2.40. The number of hydrogen-bond acceptors (Lipinski definition) is 4. The Kier molecular flexibility index (Phi) is 5.31. The van der Waals surface area contributed by atoms with Crippen molar-refractivity contribution >= 4 is 27.7 Å². The van der Waals surface area contributed by atoms with Gasteiger partial charge in [0.25, 0.3) is 0 Å². The Morgan fingerprint density at radius 3 is 2.59 bits per heavy atom. The number of carbonyl (C=O) groups excluding carboxylic acids is 2. The first-order valence-electron chi connectivity index (χ1n) is 9.19. The summed E-state index contributed by atoms with van der Waals surface area (Å²) in [5, 5.41) is 0. The smallest absolute Gasteiger partial charge is 0.247 e. The standard InChI is InChI=1S/C20H22BrN3O3/c21-18-8-7-16(27-18)12-22-9-4-10-24-17(13-22)20(26)23(14-19(24)25)11-15-5-2-1-3-6-15/h1-3,5-8,17H,4,9-14H2. The van der Waals surface area contributed by atoms with Crippen LogP contribution in [-0.4, -0.2) is 58.7 Å². The van der Waals surface area contributed by atoms with Crippen LogP contribution in [0.2, 0.25) is 0 Å². The van der Waals surface area contributed by atoms with Crippen LogP contribution >= 0.6 is 15.9 Å². The number of hydrogen-bond donors (Lipinski definition) is 0. The number of carbonyl (C=O) groups is 2. The monoisotopic (exact) mass is 431 g/mol. The fraction of sp³-hybridized carbons (Fsp3) is 0.400. The van der Waals surface area contributed by atoms with Crippen LogP contribution in [-0.2, 0) is 22.7 Å². The van der Waals surface area contributed by atoms with E-state index in [1.807, 2.05) is 42.5 Å². The van der Waals surface area contributed by atoms with Gasteiger partial charge in [0.05, 0.1) is 6.54 Å². The Morgan fingerprint density at radius 2 is 1.85 bits per heavy atom. The molecular weight excluding hydrogens is 410 g/mol. The van der Waals surface area contributed by atoms with E-state index in [1.54, 1.807) is 9.80 Å². The SMILES string of the molecule is O=C1C2CN(Cc3ccc(Br)o3)CCCN2C(=O)CN1Cc1ccccc1. The predicted molar refractivity (Wildman–Crippen MR) is 104 cm³/mol. The number of nitrogens with zero attached hydrogens (tertiary/aromatic N) is 3. The first-order chi connectivity index (χ1) is 13.1. The van der Waals surface area contributed by atoms with Gasteiger partial charge in [0.1, 0.15) is 18.3 Å². The van der Waals surface area contributed by atoms with Crippen molar-refractivity contribution < 1.29 is 14.0 Å². The molecule has 2 fully saturated rings. The minimum Gasteiger partial charge on any atom is -0.453 e. The van der Waals surface area contributed by atoms with Gasteiger partial charge in [0.15, 0.2) is 4.67 Å². The summed E-state index contributed by atoms with van der Waals surface area (Å²) in [6.07, 6.45) is 0.857. The molecule has 0 radical (unpaired) electrons. The Labute approximate surface area is 166 Å².